The molecular formula is C14H10Cl2N4OS. The van der Waals surface area contributed by atoms with Crippen molar-refractivity contribution < 1.29 is 4.79 Å². The highest BCUT2D eigenvalue weighted by molar-refractivity contribution is 7.99. The number of benzene rings is 1. The Kier molecular flexibility index (Phi) is 4.52. The van der Waals surface area contributed by atoms with Gasteiger partial charge in [0.1, 0.15) is 0 Å². The summed E-state index contributed by atoms with van der Waals surface area (Å²) in [5, 5.41) is 12.4. The maximum absolute atomic E-state index is 12.0. The lowest BCUT2D eigenvalue weighted by molar-refractivity contribution is -0.113. The summed E-state index contributed by atoms with van der Waals surface area (Å²) in [7, 11) is 0. The number of rotatable bonds is 4. The molecule has 0 spiro atoms. The van der Waals surface area contributed by atoms with E-state index in [1.54, 1.807) is 18.2 Å². The average molecular weight is 353 g/mol. The Hall–Kier alpha value is -1.76. The molecule has 0 fully saturated rings. The zero-order valence-electron chi connectivity index (χ0n) is 11.2. The number of hydrogen-bond donors (Lipinski definition) is 1. The molecule has 1 aromatic carbocycles. The fourth-order valence-electron chi connectivity index (χ4n) is 1.87. The van der Waals surface area contributed by atoms with Gasteiger partial charge >= 0.3 is 0 Å². The van der Waals surface area contributed by atoms with Gasteiger partial charge < -0.3 is 5.32 Å². The monoisotopic (exact) mass is 352 g/mol. The normalized spacial score (nSPS) is 10.8. The highest BCUT2D eigenvalue weighted by Gasteiger charge is 2.09. The van der Waals surface area contributed by atoms with Gasteiger partial charge in [-0.2, -0.15) is 0 Å². The Bertz CT molecular complexity index is 816. The second-order valence-electron chi connectivity index (χ2n) is 4.41. The summed E-state index contributed by atoms with van der Waals surface area (Å²) < 4.78 is 1.83. The number of hydrogen-bond acceptors (Lipinski definition) is 4. The highest BCUT2D eigenvalue weighted by atomic mass is 35.5. The van der Waals surface area contributed by atoms with Crippen molar-refractivity contribution in [3.8, 4) is 0 Å². The number of thioether (sulfide) groups is 1. The van der Waals surface area contributed by atoms with Crippen molar-refractivity contribution in [2.24, 2.45) is 0 Å². The van der Waals surface area contributed by atoms with Crippen LogP contribution in [0.25, 0.3) is 5.65 Å². The van der Waals surface area contributed by atoms with Gasteiger partial charge in [0.15, 0.2) is 10.8 Å². The Labute approximate surface area is 140 Å². The summed E-state index contributed by atoms with van der Waals surface area (Å²) in [4.78, 5) is 12.0. The first kappa shape index (κ1) is 15.1. The van der Waals surface area contributed by atoms with E-state index in [2.05, 4.69) is 15.5 Å². The van der Waals surface area contributed by atoms with Gasteiger partial charge in [0.2, 0.25) is 5.91 Å². The molecule has 3 rings (SSSR count). The second-order valence-corrected chi connectivity index (χ2v) is 6.22. The van der Waals surface area contributed by atoms with E-state index in [-0.39, 0.29) is 11.7 Å². The number of halogens is 2. The van der Waals surface area contributed by atoms with Gasteiger partial charge in [0.05, 0.1) is 5.75 Å². The molecule has 22 heavy (non-hydrogen) atoms. The topological polar surface area (TPSA) is 59.3 Å². The lowest BCUT2D eigenvalue weighted by atomic mass is 10.3. The molecule has 8 heteroatoms. The molecule has 0 aliphatic rings. The number of aromatic nitrogens is 3. The molecule has 5 nitrogen and oxygen atoms in total. The predicted octanol–water partition coefficient (Wildman–Crippen LogP) is 3.77. The minimum absolute atomic E-state index is 0.170. The summed E-state index contributed by atoms with van der Waals surface area (Å²) in [5.41, 5.74) is 1.31. The van der Waals surface area contributed by atoms with Crippen LogP contribution in [0, 0.1) is 0 Å². The first-order valence-corrected chi connectivity index (χ1v) is 8.04. The molecule has 112 valence electrons. The van der Waals surface area contributed by atoms with Crippen molar-refractivity contribution in [3.63, 3.8) is 0 Å². The fraction of sp³-hybridized carbons (Fsp3) is 0.0714. The van der Waals surface area contributed by atoms with E-state index in [0.717, 1.165) is 5.65 Å². The van der Waals surface area contributed by atoms with E-state index in [1.165, 1.54) is 11.8 Å². The lowest BCUT2D eigenvalue weighted by Gasteiger charge is -2.05. The van der Waals surface area contributed by atoms with Crippen molar-refractivity contribution in [2.75, 3.05) is 11.1 Å². The summed E-state index contributed by atoms with van der Waals surface area (Å²) in [6.45, 7) is 0. The number of amides is 1. The quantitative estimate of drug-likeness (QED) is 0.726. The minimum atomic E-state index is -0.170. The van der Waals surface area contributed by atoms with Crippen molar-refractivity contribution in [2.45, 2.75) is 5.16 Å². The molecule has 0 saturated heterocycles. The third-order valence-electron chi connectivity index (χ3n) is 2.76. The van der Waals surface area contributed by atoms with Crippen LogP contribution < -0.4 is 5.32 Å². The molecule has 0 saturated carbocycles. The van der Waals surface area contributed by atoms with Gasteiger partial charge in [-0.05, 0) is 30.3 Å². The Morgan fingerprint density at radius 2 is 1.95 bits per heavy atom. The van der Waals surface area contributed by atoms with Gasteiger partial charge in [-0.25, -0.2) is 0 Å². The van der Waals surface area contributed by atoms with Crippen LogP contribution in [0.4, 0.5) is 5.69 Å². The van der Waals surface area contributed by atoms with Crippen molar-refractivity contribution >= 4 is 52.2 Å². The number of carbonyl (C=O) groups excluding carboxylic acids is 1. The number of nitrogens with one attached hydrogen (secondary N) is 1. The van der Waals surface area contributed by atoms with Crippen LogP contribution in [0.2, 0.25) is 10.0 Å². The van der Waals surface area contributed by atoms with E-state index >= 15 is 0 Å². The van der Waals surface area contributed by atoms with Gasteiger partial charge in [-0.1, -0.05) is 41.0 Å². The lowest BCUT2D eigenvalue weighted by Crippen LogP contribution is -2.14. The summed E-state index contributed by atoms with van der Waals surface area (Å²) >= 11 is 13.1. The molecule has 1 amide bonds. The number of anilines is 1. The zero-order chi connectivity index (χ0) is 15.5. The number of pyridine rings is 1. The molecule has 3 aromatic rings. The maximum Gasteiger partial charge on any atom is 0.234 e. The van der Waals surface area contributed by atoms with Crippen molar-refractivity contribution in [1.29, 1.82) is 0 Å². The fourth-order valence-corrected chi connectivity index (χ4v) is 3.12. The molecule has 0 bridgehead atoms. The first-order valence-electron chi connectivity index (χ1n) is 6.30. The van der Waals surface area contributed by atoms with Crippen LogP contribution in [0.3, 0.4) is 0 Å². The summed E-state index contributed by atoms with van der Waals surface area (Å²) in [5.74, 6) is 0.0378. The number of fused-ring (bicyclic) bond motifs is 1. The first-order chi connectivity index (χ1) is 10.6. The van der Waals surface area contributed by atoms with Crippen molar-refractivity contribution in [1.82, 2.24) is 14.6 Å². The number of carbonyl (C=O) groups is 1. The third-order valence-corrected chi connectivity index (χ3v) is 4.14. The smallest absolute Gasteiger partial charge is 0.234 e. The minimum Gasteiger partial charge on any atom is -0.325 e. The summed E-state index contributed by atoms with van der Waals surface area (Å²) in [6.07, 6.45) is 1.85. The van der Waals surface area contributed by atoms with E-state index in [4.69, 9.17) is 23.2 Å². The van der Waals surface area contributed by atoms with Crippen LogP contribution in [0.5, 0.6) is 0 Å². The van der Waals surface area contributed by atoms with E-state index in [1.807, 2.05) is 28.8 Å². The van der Waals surface area contributed by atoms with Gasteiger partial charge in [0.25, 0.3) is 0 Å². The molecule has 1 N–H and O–H groups in total. The molecule has 0 unspecified atom stereocenters. The Morgan fingerprint density at radius 3 is 2.73 bits per heavy atom. The van der Waals surface area contributed by atoms with Crippen LogP contribution in [0.15, 0.2) is 47.8 Å². The maximum atomic E-state index is 12.0. The van der Waals surface area contributed by atoms with E-state index in [0.29, 0.717) is 20.9 Å². The molecule has 0 aliphatic carbocycles. The van der Waals surface area contributed by atoms with E-state index < -0.39 is 0 Å². The van der Waals surface area contributed by atoms with Crippen LogP contribution >= 0.6 is 35.0 Å². The van der Waals surface area contributed by atoms with Crippen molar-refractivity contribution in [3.05, 3.63) is 52.6 Å². The third kappa shape index (κ3) is 3.52. The molecule has 0 radical (unpaired) electrons. The van der Waals surface area contributed by atoms with Gasteiger partial charge in [0, 0.05) is 21.9 Å². The zero-order valence-corrected chi connectivity index (χ0v) is 13.5. The van der Waals surface area contributed by atoms with Crippen LogP contribution in [-0.2, 0) is 4.79 Å². The Balaban J connectivity index is 1.65. The van der Waals surface area contributed by atoms with Crippen LogP contribution in [-0.4, -0.2) is 26.3 Å². The van der Waals surface area contributed by atoms with Gasteiger partial charge in [-0.15, -0.1) is 10.2 Å². The average Bonchev–Trinajstić information content (AvgIpc) is 2.87. The molecule has 2 aromatic heterocycles. The molecule has 0 aliphatic heterocycles. The SMILES string of the molecule is O=C(CSc1nnc2ccccn12)Nc1cc(Cl)cc(Cl)c1. The largest absolute Gasteiger partial charge is 0.325 e. The number of nitrogens with zero attached hydrogens (tertiary/aromatic N) is 3. The summed E-state index contributed by atoms with van der Waals surface area (Å²) in [6, 6.07) is 10.5. The standard InChI is InChI=1S/C14H10Cl2N4OS/c15-9-5-10(16)7-11(6-9)17-13(21)8-22-14-19-18-12-3-1-2-4-20(12)14/h1-7H,8H2,(H,17,21). The second kappa shape index (κ2) is 6.56. The van der Waals surface area contributed by atoms with E-state index in [9.17, 15) is 4.79 Å². The highest BCUT2D eigenvalue weighted by Crippen LogP contribution is 2.23. The van der Waals surface area contributed by atoms with Crippen LogP contribution in [0.1, 0.15) is 0 Å². The molecule has 0 atom stereocenters. The molecular weight excluding hydrogens is 343 g/mol. The predicted molar refractivity (Wildman–Crippen MR) is 88.8 cm³/mol. The Morgan fingerprint density at radius 1 is 1.18 bits per heavy atom. The molecule has 2 heterocycles. The van der Waals surface area contributed by atoms with Gasteiger partial charge in [-0.3, -0.25) is 9.20 Å².